The van der Waals surface area contributed by atoms with Crippen molar-refractivity contribution in [1.29, 1.82) is 0 Å². The second kappa shape index (κ2) is 4.26. The van der Waals surface area contributed by atoms with Gasteiger partial charge in [-0.15, -0.1) is 10.2 Å². The van der Waals surface area contributed by atoms with Crippen LogP contribution in [0.4, 0.5) is 11.9 Å². The quantitative estimate of drug-likeness (QED) is 0.801. The summed E-state index contributed by atoms with van der Waals surface area (Å²) in [6.07, 6.45) is 3.86. The third kappa shape index (κ3) is 2.00. The van der Waals surface area contributed by atoms with Crippen molar-refractivity contribution in [1.82, 2.24) is 19.7 Å². The predicted molar refractivity (Wildman–Crippen MR) is 63.4 cm³/mol. The van der Waals surface area contributed by atoms with Crippen molar-refractivity contribution >= 4 is 11.9 Å². The molecule has 0 fully saturated rings. The molecule has 2 heterocycles. The molecule has 0 aromatic carbocycles. The van der Waals surface area contributed by atoms with Gasteiger partial charge in [0.15, 0.2) is 0 Å². The van der Waals surface area contributed by atoms with Crippen LogP contribution in [0.2, 0.25) is 0 Å². The van der Waals surface area contributed by atoms with E-state index in [0.717, 1.165) is 18.4 Å². The van der Waals surface area contributed by atoms with Gasteiger partial charge in [-0.3, -0.25) is 4.57 Å². The van der Waals surface area contributed by atoms with Crippen molar-refractivity contribution < 1.29 is 0 Å². The minimum Gasteiger partial charge on any atom is -0.367 e. The maximum absolute atomic E-state index is 4.09. The van der Waals surface area contributed by atoms with Gasteiger partial charge in [-0.2, -0.15) is 0 Å². The number of anilines is 2. The molecule has 16 heavy (non-hydrogen) atoms. The highest BCUT2D eigenvalue weighted by atomic mass is 15.4. The van der Waals surface area contributed by atoms with Crippen molar-refractivity contribution in [3.05, 3.63) is 24.0 Å². The average Bonchev–Trinajstić information content (AvgIpc) is 2.84. The summed E-state index contributed by atoms with van der Waals surface area (Å²) in [5.74, 6) is 1.60. The van der Waals surface area contributed by atoms with Crippen molar-refractivity contribution in [3.63, 3.8) is 0 Å². The topological polar surface area (TPSA) is 61.8 Å². The third-order valence-corrected chi connectivity index (χ3v) is 2.36. The third-order valence-electron chi connectivity index (χ3n) is 2.36. The zero-order valence-electron chi connectivity index (χ0n) is 9.73. The summed E-state index contributed by atoms with van der Waals surface area (Å²) in [6.45, 7) is 0.739. The molecule has 0 atom stereocenters. The van der Waals surface area contributed by atoms with Crippen molar-refractivity contribution in [2.75, 3.05) is 24.3 Å². The Morgan fingerprint density at radius 3 is 2.81 bits per heavy atom. The smallest absolute Gasteiger partial charge is 0.227 e. The number of aromatic amines is 1. The first-order chi connectivity index (χ1) is 7.68. The molecule has 0 aliphatic heterocycles. The van der Waals surface area contributed by atoms with Crippen LogP contribution in [0.15, 0.2) is 18.5 Å². The van der Waals surface area contributed by atoms with Gasteiger partial charge in [-0.05, 0) is 11.6 Å². The highest BCUT2D eigenvalue weighted by molar-refractivity contribution is 5.38. The number of rotatable bonds is 4. The minimum atomic E-state index is 0.739. The molecule has 0 saturated heterocycles. The van der Waals surface area contributed by atoms with E-state index in [0.29, 0.717) is 0 Å². The van der Waals surface area contributed by atoms with Gasteiger partial charge < -0.3 is 15.2 Å². The average molecular weight is 220 g/mol. The molecule has 2 aromatic rings. The lowest BCUT2D eigenvalue weighted by Gasteiger charge is -2.11. The Morgan fingerprint density at radius 2 is 2.25 bits per heavy atom. The van der Waals surface area contributed by atoms with Crippen LogP contribution in [-0.2, 0) is 13.6 Å². The van der Waals surface area contributed by atoms with Crippen molar-refractivity contribution in [3.8, 4) is 0 Å². The molecule has 0 saturated carbocycles. The summed E-state index contributed by atoms with van der Waals surface area (Å²) in [4.78, 5) is 4.94. The molecule has 0 radical (unpaired) electrons. The van der Waals surface area contributed by atoms with Gasteiger partial charge in [0.25, 0.3) is 0 Å². The number of aromatic nitrogens is 4. The van der Waals surface area contributed by atoms with Crippen LogP contribution in [0.25, 0.3) is 0 Å². The Labute approximate surface area is 94.3 Å². The summed E-state index contributed by atoms with van der Waals surface area (Å²) in [5.41, 5.74) is 1.19. The van der Waals surface area contributed by atoms with Gasteiger partial charge in [-0.1, -0.05) is 0 Å². The minimum absolute atomic E-state index is 0.739. The first-order valence-corrected chi connectivity index (χ1v) is 5.10. The first-order valence-electron chi connectivity index (χ1n) is 5.10. The fourth-order valence-corrected chi connectivity index (χ4v) is 1.51. The Bertz CT molecular complexity index is 442. The van der Waals surface area contributed by atoms with Crippen LogP contribution in [-0.4, -0.2) is 33.8 Å². The summed E-state index contributed by atoms with van der Waals surface area (Å²) >= 11 is 0. The van der Waals surface area contributed by atoms with Crippen molar-refractivity contribution in [2.24, 2.45) is 7.05 Å². The zero-order valence-corrected chi connectivity index (χ0v) is 9.73. The van der Waals surface area contributed by atoms with E-state index in [1.165, 1.54) is 5.56 Å². The molecule has 0 amide bonds. The van der Waals surface area contributed by atoms with Crippen LogP contribution in [0.5, 0.6) is 0 Å². The Kier molecular flexibility index (Phi) is 2.80. The Morgan fingerprint density at radius 1 is 1.44 bits per heavy atom. The predicted octanol–water partition coefficient (Wildman–Crippen LogP) is 0.821. The van der Waals surface area contributed by atoms with Gasteiger partial charge >= 0.3 is 0 Å². The number of nitrogens with zero attached hydrogens (tertiary/aromatic N) is 4. The normalized spacial score (nSPS) is 10.4. The Hall–Kier alpha value is -1.98. The maximum atomic E-state index is 4.09. The molecule has 0 spiro atoms. The van der Waals surface area contributed by atoms with E-state index in [9.17, 15) is 0 Å². The van der Waals surface area contributed by atoms with Gasteiger partial charge in [0.2, 0.25) is 11.9 Å². The van der Waals surface area contributed by atoms with Crippen molar-refractivity contribution in [2.45, 2.75) is 6.54 Å². The van der Waals surface area contributed by atoms with E-state index in [4.69, 9.17) is 0 Å². The molecule has 2 aromatic heterocycles. The van der Waals surface area contributed by atoms with Crippen LogP contribution in [0.1, 0.15) is 5.56 Å². The van der Waals surface area contributed by atoms with E-state index in [2.05, 4.69) is 20.5 Å². The van der Waals surface area contributed by atoms with Gasteiger partial charge in [0, 0.05) is 40.1 Å². The van der Waals surface area contributed by atoms with E-state index >= 15 is 0 Å². The van der Waals surface area contributed by atoms with Gasteiger partial charge in [0.1, 0.15) is 0 Å². The molecule has 0 aliphatic carbocycles. The zero-order chi connectivity index (χ0) is 11.5. The molecule has 2 rings (SSSR count). The van der Waals surface area contributed by atoms with Gasteiger partial charge in [-0.25, -0.2) is 0 Å². The monoisotopic (exact) mass is 220 g/mol. The molecule has 0 bridgehead atoms. The van der Waals surface area contributed by atoms with Crippen LogP contribution >= 0.6 is 0 Å². The van der Waals surface area contributed by atoms with Crippen LogP contribution in [0.3, 0.4) is 0 Å². The van der Waals surface area contributed by atoms with E-state index in [1.807, 2.05) is 49.1 Å². The lowest BCUT2D eigenvalue weighted by atomic mass is 10.3. The van der Waals surface area contributed by atoms with Gasteiger partial charge in [0.05, 0.1) is 0 Å². The maximum Gasteiger partial charge on any atom is 0.227 e. The molecule has 86 valence electrons. The van der Waals surface area contributed by atoms with Crippen LogP contribution in [0, 0.1) is 0 Å². The standard InChI is InChI=1S/C10H16N6/c1-15(2)10-14-13-9(16(10)3)12-7-8-4-5-11-6-8/h4-6,11H,7H2,1-3H3,(H,12,13). The van der Waals surface area contributed by atoms with Crippen LogP contribution < -0.4 is 10.2 Å². The molecular weight excluding hydrogens is 204 g/mol. The fourth-order valence-electron chi connectivity index (χ4n) is 1.51. The highest BCUT2D eigenvalue weighted by Gasteiger charge is 2.09. The number of H-pyrrole nitrogens is 1. The molecule has 0 unspecified atom stereocenters. The fraction of sp³-hybridized carbons (Fsp3) is 0.400. The lowest BCUT2D eigenvalue weighted by molar-refractivity contribution is 0.863. The first kappa shape index (κ1) is 10.5. The largest absolute Gasteiger partial charge is 0.367 e. The summed E-state index contributed by atoms with van der Waals surface area (Å²) in [5, 5.41) is 11.4. The molecule has 2 N–H and O–H groups in total. The Balaban J connectivity index is 2.05. The molecule has 6 nitrogen and oxygen atoms in total. The van der Waals surface area contributed by atoms with E-state index < -0.39 is 0 Å². The summed E-state index contributed by atoms with van der Waals surface area (Å²) < 4.78 is 1.92. The lowest BCUT2D eigenvalue weighted by Crippen LogP contribution is -2.14. The SMILES string of the molecule is CN(C)c1nnc(NCc2cc[nH]c2)n1C. The molecule has 0 aliphatic rings. The molecule has 6 heteroatoms. The summed E-state index contributed by atoms with van der Waals surface area (Å²) in [6, 6.07) is 2.02. The van der Waals surface area contributed by atoms with E-state index in [-0.39, 0.29) is 0 Å². The second-order valence-electron chi connectivity index (χ2n) is 3.85. The highest BCUT2D eigenvalue weighted by Crippen LogP contribution is 2.12. The number of hydrogen-bond donors (Lipinski definition) is 2. The van der Waals surface area contributed by atoms with E-state index in [1.54, 1.807) is 0 Å². The second-order valence-corrected chi connectivity index (χ2v) is 3.85. The number of nitrogens with one attached hydrogen (secondary N) is 2. The molecular formula is C10H16N6. The summed E-state index contributed by atoms with van der Waals surface area (Å²) in [7, 11) is 5.83. The number of hydrogen-bond acceptors (Lipinski definition) is 4.